The van der Waals surface area contributed by atoms with Gasteiger partial charge in [-0.25, -0.2) is 9.78 Å². The Labute approximate surface area is 166 Å². The summed E-state index contributed by atoms with van der Waals surface area (Å²) in [6.45, 7) is 0. The number of amides is 1. The first kappa shape index (κ1) is 18.3. The number of methoxy groups -OCH3 is 1. The van der Waals surface area contributed by atoms with Crippen molar-refractivity contribution in [1.29, 1.82) is 0 Å². The van der Waals surface area contributed by atoms with Gasteiger partial charge >= 0.3 is 5.97 Å². The Morgan fingerprint density at radius 3 is 2.75 bits per heavy atom. The molecular weight excluding hydrogens is 374 g/mol. The van der Waals surface area contributed by atoms with Gasteiger partial charge in [0.05, 0.1) is 18.9 Å². The van der Waals surface area contributed by atoms with Crippen molar-refractivity contribution in [2.45, 2.75) is 25.2 Å². The van der Waals surface area contributed by atoms with Crippen molar-refractivity contribution < 1.29 is 14.3 Å². The second kappa shape index (κ2) is 7.90. The highest BCUT2D eigenvalue weighted by molar-refractivity contribution is 7.17. The predicted octanol–water partition coefficient (Wildman–Crippen LogP) is 3.85. The monoisotopic (exact) mass is 393 g/mol. The van der Waals surface area contributed by atoms with Crippen LogP contribution in [-0.4, -0.2) is 29.0 Å². The molecule has 0 bridgehead atoms. The molecule has 2 aromatic heterocycles. The van der Waals surface area contributed by atoms with E-state index in [0.29, 0.717) is 16.5 Å². The molecule has 1 atom stereocenters. The molecule has 1 aliphatic rings. The van der Waals surface area contributed by atoms with E-state index in [9.17, 15) is 9.59 Å². The molecule has 1 amide bonds. The minimum absolute atomic E-state index is 0.201. The maximum Gasteiger partial charge on any atom is 0.341 e. The van der Waals surface area contributed by atoms with Gasteiger partial charge in [-0.3, -0.25) is 9.78 Å². The van der Waals surface area contributed by atoms with E-state index in [-0.39, 0.29) is 5.69 Å². The van der Waals surface area contributed by atoms with Crippen molar-refractivity contribution in [3.8, 4) is 0 Å². The lowest BCUT2D eigenvalue weighted by atomic mass is 9.83. The van der Waals surface area contributed by atoms with Gasteiger partial charge in [-0.1, -0.05) is 30.3 Å². The fourth-order valence-corrected chi connectivity index (χ4v) is 4.90. The summed E-state index contributed by atoms with van der Waals surface area (Å²) in [6.07, 6.45) is 6.93. The van der Waals surface area contributed by atoms with Gasteiger partial charge in [0.25, 0.3) is 5.91 Å². The summed E-state index contributed by atoms with van der Waals surface area (Å²) in [4.78, 5) is 34.0. The van der Waals surface area contributed by atoms with Crippen molar-refractivity contribution in [2.24, 2.45) is 0 Å². The minimum atomic E-state index is -0.426. The average molecular weight is 393 g/mol. The predicted molar refractivity (Wildman–Crippen MR) is 107 cm³/mol. The molecule has 0 saturated heterocycles. The Balaban J connectivity index is 1.65. The molecule has 4 rings (SSSR count). The van der Waals surface area contributed by atoms with E-state index < -0.39 is 11.9 Å². The number of ether oxygens (including phenoxy) is 1. The Kier molecular flexibility index (Phi) is 5.16. The van der Waals surface area contributed by atoms with Gasteiger partial charge in [0.15, 0.2) is 0 Å². The Morgan fingerprint density at radius 1 is 1.21 bits per heavy atom. The zero-order chi connectivity index (χ0) is 19.5. The van der Waals surface area contributed by atoms with Crippen LogP contribution in [0.1, 0.15) is 49.2 Å². The number of aromatic nitrogens is 2. The van der Waals surface area contributed by atoms with Gasteiger partial charge in [0.2, 0.25) is 0 Å². The standard InChI is InChI=1S/C21H19N3O3S/c1-27-21(26)18-15-8-7-14(13-5-3-2-4-6-13)11-17(15)28-20(18)24-19(25)16-12-22-9-10-23-16/h2-6,9-10,12,14H,7-8,11H2,1H3,(H,24,25). The molecule has 1 aromatic carbocycles. The summed E-state index contributed by atoms with van der Waals surface area (Å²) in [6, 6.07) is 10.4. The van der Waals surface area contributed by atoms with E-state index in [1.54, 1.807) is 0 Å². The largest absolute Gasteiger partial charge is 0.465 e. The highest BCUT2D eigenvalue weighted by Crippen LogP contribution is 2.42. The number of nitrogens with one attached hydrogen (secondary N) is 1. The molecule has 3 aromatic rings. The summed E-state index contributed by atoms with van der Waals surface area (Å²) in [5, 5.41) is 3.35. The van der Waals surface area contributed by atoms with Crippen LogP contribution in [0.2, 0.25) is 0 Å². The van der Waals surface area contributed by atoms with Crippen LogP contribution in [0.5, 0.6) is 0 Å². The van der Waals surface area contributed by atoms with Crippen LogP contribution in [0.3, 0.4) is 0 Å². The Hall–Kier alpha value is -3.06. The smallest absolute Gasteiger partial charge is 0.341 e. The highest BCUT2D eigenvalue weighted by Gasteiger charge is 2.30. The van der Waals surface area contributed by atoms with Crippen molar-refractivity contribution in [1.82, 2.24) is 9.97 Å². The number of hydrogen-bond acceptors (Lipinski definition) is 6. The average Bonchev–Trinajstić information content (AvgIpc) is 3.11. The number of rotatable bonds is 4. The van der Waals surface area contributed by atoms with Crippen LogP contribution in [0, 0.1) is 0 Å². The summed E-state index contributed by atoms with van der Waals surface area (Å²) in [5.74, 6) is -0.414. The normalized spacial score (nSPS) is 15.5. The van der Waals surface area contributed by atoms with E-state index in [1.807, 2.05) is 18.2 Å². The number of hydrogen-bond donors (Lipinski definition) is 1. The summed E-state index contributed by atoms with van der Waals surface area (Å²) < 4.78 is 4.99. The first-order valence-electron chi connectivity index (χ1n) is 9.02. The third-order valence-electron chi connectivity index (χ3n) is 4.95. The first-order chi connectivity index (χ1) is 13.7. The lowest BCUT2D eigenvalue weighted by Crippen LogP contribution is -2.17. The molecule has 28 heavy (non-hydrogen) atoms. The van der Waals surface area contributed by atoms with Gasteiger partial charge in [-0.05, 0) is 36.3 Å². The molecule has 0 saturated carbocycles. The zero-order valence-electron chi connectivity index (χ0n) is 15.3. The van der Waals surface area contributed by atoms with Crippen molar-refractivity contribution >= 4 is 28.2 Å². The van der Waals surface area contributed by atoms with E-state index in [4.69, 9.17) is 4.74 Å². The van der Waals surface area contributed by atoms with Crippen LogP contribution < -0.4 is 5.32 Å². The van der Waals surface area contributed by atoms with Gasteiger partial charge < -0.3 is 10.1 Å². The second-order valence-corrected chi connectivity index (χ2v) is 7.70. The molecule has 142 valence electrons. The molecule has 1 aliphatic carbocycles. The fourth-order valence-electron chi connectivity index (χ4n) is 3.59. The SMILES string of the molecule is COC(=O)c1c(NC(=O)c2cnccn2)sc2c1CCC(c1ccccc1)C2. The van der Waals surface area contributed by atoms with Crippen LogP contribution in [0.4, 0.5) is 5.00 Å². The summed E-state index contributed by atoms with van der Waals surface area (Å²) in [5.41, 5.74) is 2.95. The molecule has 0 radical (unpaired) electrons. The number of nitrogens with zero attached hydrogens (tertiary/aromatic N) is 2. The van der Waals surface area contributed by atoms with Crippen molar-refractivity contribution in [3.63, 3.8) is 0 Å². The number of thiophene rings is 1. The van der Waals surface area contributed by atoms with E-state index >= 15 is 0 Å². The highest BCUT2D eigenvalue weighted by atomic mass is 32.1. The van der Waals surface area contributed by atoms with Gasteiger partial charge in [0, 0.05) is 17.3 Å². The van der Waals surface area contributed by atoms with Gasteiger partial charge in [-0.15, -0.1) is 11.3 Å². The van der Waals surface area contributed by atoms with E-state index in [0.717, 1.165) is 29.7 Å². The summed E-state index contributed by atoms with van der Waals surface area (Å²) >= 11 is 1.45. The van der Waals surface area contributed by atoms with E-state index in [2.05, 4.69) is 27.4 Å². The molecule has 2 heterocycles. The molecule has 6 nitrogen and oxygen atoms in total. The molecule has 7 heteroatoms. The molecule has 1 unspecified atom stereocenters. The summed E-state index contributed by atoms with van der Waals surface area (Å²) in [7, 11) is 1.36. The van der Waals surface area contributed by atoms with Crippen molar-refractivity contribution in [3.05, 3.63) is 76.2 Å². The lowest BCUT2D eigenvalue weighted by molar-refractivity contribution is 0.0601. The molecule has 0 aliphatic heterocycles. The maximum atomic E-state index is 12.5. The van der Waals surface area contributed by atoms with E-state index in [1.165, 1.54) is 42.6 Å². The lowest BCUT2D eigenvalue weighted by Gasteiger charge is -2.22. The molecule has 0 fully saturated rings. The Morgan fingerprint density at radius 2 is 2.04 bits per heavy atom. The topological polar surface area (TPSA) is 81.2 Å². The maximum absolute atomic E-state index is 12.5. The van der Waals surface area contributed by atoms with Gasteiger partial charge in [-0.2, -0.15) is 0 Å². The third kappa shape index (κ3) is 3.53. The minimum Gasteiger partial charge on any atom is -0.465 e. The Bertz CT molecular complexity index is 1000. The van der Waals surface area contributed by atoms with Crippen LogP contribution in [0.15, 0.2) is 48.9 Å². The number of anilines is 1. The fraction of sp³-hybridized carbons (Fsp3) is 0.238. The molecule has 0 spiro atoms. The number of carbonyl (C=O) groups excluding carboxylic acids is 2. The van der Waals surface area contributed by atoms with Crippen LogP contribution >= 0.6 is 11.3 Å². The first-order valence-corrected chi connectivity index (χ1v) is 9.84. The number of benzene rings is 1. The molecule has 1 N–H and O–H groups in total. The van der Waals surface area contributed by atoms with Gasteiger partial charge in [0.1, 0.15) is 10.7 Å². The zero-order valence-corrected chi connectivity index (χ0v) is 16.2. The molecular formula is C21H19N3O3S. The second-order valence-electron chi connectivity index (χ2n) is 6.59. The van der Waals surface area contributed by atoms with Crippen LogP contribution in [0.25, 0.3) is 0 Å². The quantitative estimate of drug-likeness (QED) is 0.681. The number of carbonyl (C=O) groups is 2. The number of esters is 1. The third-order valence-corrected chi connectivity index (χ3v) is 6.12. The van der Waals surface area contributed by atoms with Crippen LogP contribution in [-0.2, 0) is 17.6 Å². The number of fused-ring (bicyclic) bond motifs is 1. The van der Waals surface area contributed by atoms with Crippen molar-refractivity contribution in [2.75, 3.05) is 12.4 Å².